The van der Waals surface area contributed by atoms with E-state index in [1.54, 1.807) is 4.68 Å². The van der Waals surface area contributed by atoms with E-state index in [1.165, 1.54) is 5.56 Å². The van der Waals surface area contributed by atoms with Gasteiger partial charge in [-0.2, -0.15) is 5.10 Å². The highest BCUT2D eigenvalue weighted by Crippen LogP contribution is 2.17. The number of aryl methyl sites for hydroxylation is 1. The Morgan fingerprint density at radius 2 is 2.25 bits per heavy atom. The third-order valence-electron chi connectivity index (χ3n) is 2.45. The van der Waals surface area contributed by atoms with Crippen LogP contribution >= 0.6 is 11.6 Å². The summed E-state index contributed by atoms with van der Waals surface area (Å²) in [6, 6.07) is 8.15. The molecule has 0 atom stereocenters. The van der Waals surface area contributed by atoms with Gasteiger partial charge in [0.15, 0.2) is 0 Å². The standard InChI is InChI=1S/C12H14ClN3/c1-9-12(13)8-16(15-9)11-4-2-3-10(7-11)5-6-14/h2-4,7-8H,5-6,14H2,1H3. The molecule has 0 saturated heterocycles. The zero-order valence-electron chi connectivity index (χ0n) is 9.15. The maximum Gasteiger partial charge on any atom is 0.0819 e. The van der Waals surface area contributed by atoms with Crippen molar-refractivity contribution >= 4 is 11.6 Å². The quantitative estimate of drug-likeness (QED) is 0.888. The second-order valence-electron chi connectivity index (χ2n) is 3.72. The Kier molecular flexibility index (Phi) is 3.27. The molecule has 0 spiro atoms. The maximum atomic E-state index is 5.98. The summed E-state index contributed by atoms with van der Waals surface area (Å²) in [5.41, 5.74) is 8.60. The van der Waals surface area contributed by atoms with Crippen molar-refractivity contribution in [3.63, 3.8) is 0 Å². The van der Waals surface area contributed by atoms with Gasteiger partial charge in [0, 0.05) is 6.20 Å². The second-order valence-corrected chi connectivity index (χ2v) is 4.12. The topological polar surface area (TPSA) is 43.8 Å². The molecule has 0 aliphatic carbocycles. The fourth-order valence-corrected chi connectivity index (χ4v) is 1.72. The average Bonchev–Trinajstić information content (AvgIpc) is 2.60. The number of halogens is 1. The highest BCUT2D eigenvalue weighted by Gasteiger charge is 2.04. The molecule has 0 aliphatic rings. The van der Waals surface area contributed by atoms with Crippen LogP contribution in [-0.4, -0.2) is 16.3 Å². The minimum atomic E-state index is 0.655. The van der Waals surface area contributed by atoms with Crippen LogP contribution in [0.1, 0.15) is 11.3 Å². The van der Waals surface area contributed by atoms with Gasteiger partial charge in [-0.25, -0.2) is 4.68 Å². The maximum absolute atomic E-state index is 5.98. The third kappa shape index (κ3) is 2.26. The minimum Gasteiger partial charge on any atom is -0.330 e. The van der Waals surface area contributed by atoms with Crippen LogP contribution in [0.5, 0.6) is 0 Å². The molecule has 2 N–H and O–H groups in total. The van der Waals surface area contributed by atoms with Crippen molar-refractivity contribution in [3.8, 4) is 5.69 Å². The lowest BCUT2D eigenvalue weighted by Crippen LogP contribution is -2.03. The molecule has 0 aliphatic heterocycles. The van der Waals surface area contributed by atoms with Gasteiger partial charge in [0.25, 0.3) is 0 Å². The first-order valence-electron chi connectivity index (χ1n) is 5.22. The van der Waals surface area contributed by atoms with Crippen molar-refractivity contribution < 1.29 is 0 Å². The van der Waals surface area contributed by atoms with Crippen molar-refractivity contribution in [3.05, 3.63) is 46.7 Å². The average molecular weight is 236 g/mol. The Morgan fingerprint density at radius 1 is 1.44 bits per heavy atom. The number of benzene rings is 1. The van der Waals surface area contributed by atoms with Gasteiger partial charge in [-0.3, -0.25) is 0 Å². The summed E-state index contributed by atoms with van der Waals surface area (Å²) < 4.78 is 1.79. The second kappa shape index (κ2) is 4.68. The third-order valence-corrected chi connectivity index (χ3v) is 2.82. The van der Waals surface area contributed by atoms with E-state index in [1.807, 2.05) is 25.3 Å². The van der Waals surface area contributed by atoms with Crippen LogP contribution in [-0.2, 0) is 6.42 Å². The van der Waals surface area contributed by atoms with Crippen LogP contribution in [0.25, 0.3) is 5.69 Å². The molecular formula is C12H14ClN3. The van der Waals surface area contributed by atoms with Gasteiger partial charge >= 0.3 is 0 Å². The molecule has 0 fully saturated rings. The summed E-state index contributed by atoms with van der Waals surface area (Å²) in [6.45, 7) is 2.55. The minimum absolute atomic E-state index is 0.655. The Balaban J connectivity index is 2.36. The van der Waals surface area contributed by atoms with Crippen molar-refractivity contribution in [2.75, 3.05) is 6.54 Å². The Morgan fingerprint density at radius 3 is 2.88 bits per heavy atom. The molecule has 1 aromatic heterocycles. The fourth-order valence-electron chi connectivity index (χ4n) is 1.59. The Labute approximate surface area is 99.8 Å². The van der Waals surface area contributed by atoms with Gasteiger partial charge < -0.3 is 5.73 Å². The predicted octanol–water partition coefficient (Wildman–Crippen LogP) is 2.34. The van der Waals surface area contributed by atoms with Crippen LogP contribution in [0.4, 0.5) is 0 Å². The van der Waals surface area contributed by atoms with E-state index in [2.05, 4.69) is 17.2 Å². The van der Waals surface area contributed by atoms with E-state index in [-0.39, 0.29) is 0 Å². The molecule has 0 radical (unpaired) electrons. The van der Waals surface area contributed by atoms with Crippen LogP contribution in [0.2, 0.25) is 5.02 Å². The molecule has 84 valence electrons. The molecule has 1 heterocycles. The molecule has 0 saturated carbocycles. The summed E-state index contributed by atoms with van der Waals surface area (Å²) >= 11 is 5.98. The van der Waals surface area contributed by atoms with E-state index >= 15 is 0 Å². The first kappa shape index (κ1) is 11.2. The first-order valence-corrected chi connectivity index (χ1v) is 5.59. The molecule has 0 bridgehead atoms. The Hall–Kier alpha value is -1.32. The highest BCUT2D eigenvalue weighted by molar-refractivity contribution is 6.31. The van der Waals surface area contributed by atoms with Crippen LogP contribution in [0.15, 0.2) is 30.5 Å². The summed E-state index contributed by atoms with van der Waals surface area (Å²) in [7, 11) is 0. The molecule has 0 unspecified atom stereocenters. The van der Waals surface area contributed by atoms with E-state index in [0.717, 1.165) is 17.8 Å². The molecule has 16 heavy (non-hydrogen) atoms. The van der Waals surface area contributed by atoms with Gasteiger partial charge in [0.1, 0.15) is 0 Å². The molecule has 2 rings (SSSR count). The lowest BCUT2D eigenvalue weighted by molar-refractivity contribution is 0.857. The highest BCUT2D eigenvalue weighted by atomic mass is 35.5. The van der Waals surface area contributed by atoms with Crippen molar-refractivity contribution in [1.82, 2.24) is 9.78 Å². The normalized spacial score (nSPS) is 10.7. The Bertz CT molecular complexity index is 471. The van der Waals surface area contributed by atoms with E-state index in [9.17, 15) is 0 Å². The number of rotatable bonds is 3. The number of hydrogen-bond acceptors (Lipinski definition) is 2. The molecule has 3 nitrogen and oxygen atoms in total. The zero-order valence-corrected chi connectivity index (χ0v) is 9.91. The summed E-state index contributed by atoms with van der Waals surface area (Å²) in [5.74, 6) is 0. The summed E-state index contributed by atoms with van der Waals surface area (Å²) in [6.07, 6.45) is 2.69. The first-order chi connectivity index (χ1) is 7.70. The van der Waals surface area contributed by atoms with Crippen molar-refractivity contribution in [2.24, 2.45) is 5.73 Å². The number of aromatic nitrogens is 2. The van der Waals surface area contributed by atoms with Crippen LogP contribution < -0.4 is 5.73 Å². The van der Waals surface area contributed by atoms with E-state index < -0.39 is 0 Å². The SMILES string of the molecule is Cc1nn(-c2cccc(CCN)c2)cc1Cl. The number of nitrogens with zero attached hydrogens (tertiary/aromatic N) is 2. The van der Waals surface area contributed by atoms with Gasteiger partial charge in [-0.05, 0) is 37.6 Å². The summed E-state index contributed by atoms with van der Waals surface area (Å²) in [5, 5.41) is 5.02. The largest absolute Gasteiger partial charge is 0.330 e. The number of nitrogens with two attached hydrogens (primary N) is 1. The van der Waals surface area contributed by atoms with Crippen molar-refractivity contribution in [2.45, 2.75) is 13.3 Å². The van der Waals surface area contributed by atoms with Gasteiger partial charge in [-0.15, -0.1) is 0 Å². The zero-order chi connectivity index (χ0) is 11.5. The predicted molar refractivity (Wildman–Crippen MR) is 66.1 cm³/mol. The number of hydrogen-bond donors (Lipinski definition) is 1. The lowest BCUT2D eigenvalue weighted by Gasteiger charge is -2.04. The fraction of sp³-hybridized carbons (Fsp3) is 0.250. The van der Waals surface area contributed by atoms with Crippen LogP contribution in [0.3, 0.4) is 0 Å². The summed E-state index contributed by atoms with van der Waals surface area (Å²) in [4.78, 5) is 0. The monoisotopic (exact) mass is 235 g/mol. The lowest BCUT2D eigenvalue weighted by atomic mass is 10.1. The molecular weight excluding hydrogens is 222 g/mol. The van der Waals surface area contributed by atoms with E-state index in [0.29, 0.717) is 11.6 Å². The van der Waals surface area contributed by atoms with Crippen LogP contribution in [0, 0.1) is 6.92 Å². The van der Waals surface area contributed by atoms with Gasteiger partial charge in [0.05, 0.1) is 16.4 Å². The smallest absolute Gasteiger partial charge is 0.0819 e. The molecule has 0 amide bonds. The molecule has 4 heteroatoms. The van der Waals surface area contributed by atoms with Gasteiger partial charge in [-0.1, -0.05) is 23.7 Å². The molecule has 2 aromatic rings. The van der Waals surface area contributed by atoms with Gasteiger partial charge in [0.2, 0.25) is 0 Å². The van der Waals surface area contributed by atoms with Crippen molar-refractivity contribution in [1.29, 1.82) is 0 Å². The van der Waals surface area contributed by atoms with E-state index in [4.69, 9.17) is 17.3 Å². The molecule has 1 aromatic carbocycles.